The number of halogens is 2. The second kappa shape index (κ2) is 6.25. The van der Waals surface area contributed by atoms with Gasteiger partial charge in [-0.15, -0.1) is 0 Å². The fourth-order valence-electron chi connectivity index (χ4n) is 2.95. The molecule has 2 rings (SSSR count). The van der Waals surface area contributed by atoms with Gasteiger partial charge >= 0.3 is 0 Å². The van der Waals surface area contributed by atoms with Gasteiger partial charge in [-0.3, -0.25) is 4.90 Å². The maximum absolute atomic E-state index is 6.36. The van der Waals surface area contributed by atoms with Crippen LogP contribution >= 0.6 is 23.2 Å². The Morgan fingerprint density at radius 2 is 2.17 bits per heavy atom. The van der Waals surface area contributed by atoms with Gasteiger partial charge in [0.15, 0.2) is 0 Å². The van der Waals surface area contributed by atoms with Crippen molar-refractivity contribution in [2.45, 2.75) is 19.4 Å². The van der Waals surface area contributed by atoms with Crippen LogP contribution in [0, 0.1) is 5.92 Å². The molecule has 1 aliphatic rings. The van der Waals surface area contributed by atoms with Crippen LogP contribution in [-0.2, 0) is 0 Å². The van der Waals surface area contributed by atoms with Crippen molar-refractivity contribution in [2.75, 3.05) is 26.7 Å². The third-order valence-corrected chi connectivity index (χ3v) is 4.36. The van der Waals surface area contributed by atoms with Gasteiger partial charge in [0.2, 0.25) is 0 Å². The Labute approximate surface area is 119 Å². The molecule has 1 N–H and O–H groups in total. The first kappa shape index (κ1) is 14.1. The summed E-state index contributed by atoms with van der Waals surface area (Å²) in [4.78, 5) is 2.49. The summed E-state index contributed by atoms with van der Waals surface area (Å²) >= 11 is 12.5. The van der Waals surface area contributed by atoms with Gasteiger partial charge in [-0.05, 0) is 62.8 Å². The highest BCUT2D eigenvalue weighted by molar-refractivity contribution is 6.33. The van der Waals surface area contributed by atoms with E-state index in [2.05, 4.69) is 17.1 Å². The molecule has 1 aromatic rings. The maximum Gasteiger partial charge on any atom is 0.0455 e. The van der Waals surface area contributed by atoms with Crippen molar-refractivity contribution in [3.63, 3.8) is 0 Å². The van der Waals surface area contributed by atoms with Crippen molar-refractivity contribution < 1.29 is 0 Å². The number of rotatable bonds is 4. The van der Waals surface area contributed by atoms with Crippen LogP contribution in [0.15, 0.2) is 18.2 Å². The van der Waals surface area contributed by atoms with E-state index >= 15 is 0 Å². The van der Waals surface area contributed by atoms with Crippen LogP contribution in [0.2, 0.25) is 10.0 Å². The van der Waals surface area contributed by atoms with Crippen molar-refractivity contribution in [1.82, 2.24) is 10.2 Å². The van der Waals surface area contributed by atoms with Crippen LogP contribution in [0.1, 0.15) is 24.9 Å². The highest BCUT2D eigenvalue weighted by Crippen LogP contribution is 2.40. The van der Waals surface area contributed by atoms with Crippen molar-refractivity contribution in [1.29, 1.82) is 0 Å². The van der Waals surface area contributed by atoms with Crippen molar-refractivity contribution in [3.8, 4) is 0 Å². The minimum Gasteiger partial charge on any atom is -0.319 e. The van der Waals surface area contributed by atoms with E-state index in [9.17, 15) is 0 Å². The molecule has 2 nitrogen and oxygen atoms in total. The van der Waals surface area contributed by atoms with Gasteiger partial charge in [-0.2, -0.15) is 0 Å². The molecule has 100 valence electrons. The fraction of sp³-hybridized carbons (Fsp3) is 0.571. The van der Waals surface area contributed by atoms with Crippen LogP contribution in [0.4, 0.5) is 0 Å². The molecule has 1 aliphatic heterocycles. The summed E-state index contributed by atoms with van der Waals surface area (Å²) in [6.07, 6.45) is 1.21. The summed E-state index contributed by atoms with van der Waals surface area (Å²) in [5.41, 5.74) is 1.17. The van der Waals surface area contributed by atoms with E-state index in [-0.39, 0.29) is 0 Å². The molecule has 1 fully saturated rings. The number of hydrogen-bond acceptors (Lipinski definition) is 2. The van der Waals surface area contributed by atoms with Gasteiger partial charge in [0, 0.05) is 16.1 Å². The zero-order valence-corrected chi connectivity index (χ0v) is 12.4. The molecule has 0 radical (unpaired) electrons. The molecule has 0 aliphatic carbocycles. The lowest BCUT2D eigenvalue weighted by Gasteiger charge is -2.28. The standard InChI is InChI=1S/C14H20Cl2N2/c1-3-18-7-6-10(9-17-2)14(18)12-8-11(15)4-5-13(12)16/h4-5,8,10,14,17H,3,6-7,9H2,1-2H3. The number of nitrogens with zero attached hydrogens (tertiary/aromatic N) is 1. The lowest BCUT2D eigenvalue weighted by molar-refractivity contribution is 0.238. The SMILES string of the molecule is CCN1CCC(CNC)C1c1cc(Cl)ccc1Cl. The molecule has 0 spiro atoms. The van der Waals surface area contributed by atoms with E-state index in [0.29, 0.717) is 12.0 Å². The molecule has 2 unspecified atom stereocenters. The molecule has 2 atom stereocenters. The average Bonchev–Trinajstić information content (AvgIpc) is 2.75. The first-order valence-electron chi connectivity index (χ1n) is 6.51. The first-order valence-corrected chi connectivity index (χ1v) is 7.26. The summed E-state index contributed by atoms with van der Waals surface area (Å²) in [5.74, 6) is 0.603. The zero-order valence-electron chi connectivity index (χ0n) is 10.9. The van der Waals surface area contributed by atoms with Gasteiger partial charge in [0.1, 0.15) is 0 Å². The van der Waals surface area contributed by atoms with Crippen molar-refractivity contribution >= 4 is 23.2 Å². The van der Waals surface area contributed by atoms with E-state index in [0.717, 1.165) is 29.7 Å². The van der Waals surface area contributed by atoms with Gasteiger partial charge in [0.05, 0.1) is 0 Å². The monoisotopic (exact) mass is 286 g/mol. The Bertz CT molecular complexity index is 409. The highest BCUT2D eigenvalue weighted by atomic mass is 35.5. The Hall–Kier alpha value is -0.280. The topological polar surface area (TPSA) is 15.3 Å². The van der Waals surface area contributed by atoms with Crippen LogP contribution in [-0.4, -0.2) is 31.6 Å². The van der Waals surface area contributed by atoms with Crippen LogP contribution in [0.25, 0.3) is 0 Å². The third kappa shape index (κ3) is 2.83. The molecule has 1 saturated heterocycles. The van der Waals surface area contributed by atoms with E-state index in [4.69, 9.17) is 23.2 Å². The zero-order chi connectivity index (χ0) is 13.1. The Kier molecular flexibility index (Phi) is 4.91. The number of hydrogen-bond donors (Lipinski definition) is 1. The van der Waals surface area contributed by atoms with Crippen LogP contribution in [0.3, 0.4) is 0 Å². The summed E-state index contributed by atoms with van der Waals surface area (Å²) in [6, 6.07) is 6.16. The van der Waals surface area contributed by atoms with Crippen molar-refractivity contribution in [2.24, 2.45) is 5.92 Å². The van der Waals surface area contributed by atoms with E-state index in [1.165, 1.54) is 12.0 Å². The molecule has 0 amide bonds. The summed E-state index contributed by atoms with van der Waals surface area (Å²) in [6.45, 7) is 5.40. The summed E-state index contributed by atoms with van der Waals surface area (Å²) < 4.78 is 0. The molecule has 4 heteroatoms. The second-order valence-corrected chi connectivity index (χ2v) is 5.69. The highest BCUT2D eigenvalue weighted by Gasteiger charge is 2.34. The van der Waals surface area contributed by atoms with Gasteiger partial charge in [-0.25, -0.2) is 0 Å². The molecular formula is C14H20Cl2N2. The molecule has 18 heavy (non-hydrogen) atoms. The maximum atomic E-state index is 6.36. The number of nitrogens with one attached hydrogen (secondary N) is 1. The lowest BCUT2D eigenvalue weighted by Crippen LogP contribution is -2.29. The molecule has 0 aromatic heterocycles. The second-order valence-electron chi connectivity index (χ2n) is 4.85. The summed E-state index contributed by atoms with van der Waals surface area (Å²) in [5, 5.41) is 4.87. The smallest absolute Gasteiger partial charge is 0.0455 e. The minimum absolute atomic E-state index is 0.383. The van der Waals surface area contributed by atoms with Crippen LogP contribution < -0.4 is 5.32 Å². The normalized spacial score (nSPS) is 24.7. The first-order chi connectivity index (χ1) is 8.67. The Morgan fingerprint density at radius 3 is 2.83 bits per heavy atom. The number of likely N-dealkylation sites (tertiary alicyclic amines) is 1. The van der Waals surface area contributed by atoms with Gasteiger partial charge < -0.3 is 5.32 Å². The van der Waals surface area contributed by atoms with Gasteiger partial charge in [0.25, 0.3) is 0 Å². The Morgan fingerprint density at radius 1 is 1.39 bits per heavy atom. The molecule has 1 heterocycles. The fourth-order valence-corrected chi connectivity index (χ4v) is 3.36. The predicted molar refractivity (Wildman–Crippen MR) is 78.5 cm³/mol. The van der Waals surface area contributed by atoms with E-state index in [1.807, 2.05) is 25.2 Å². The average molecular weight is 287 g/mol. The van der Waals surface area contributed by atoms with E-state index in [1.54, 1.807) is 0 Å². The third-order valence-electron chi connectivity index (χ3n) is 3.78. The largest absolute Gasteiger partial charge is 0.319 e. The predicted octanol–water partition coefficient (Wildman–Crippen LogP) is 3.60. The molecule has 0 saturated carbocycles. The van der Waals surface area contributed by atoms with Gasteiger partial charge in [-0.1, -0.05) is 30.1 Å². The number of benzene rings is 1. The summed E-state index contributed by atoms with van der Waals surface area (Å²) in [7, 11) is 2.01. The molecule has 0 bridgehead atoms. The Balaban J connectivity index is 2.33. The quantitative estimate of drug-likeness (QED) is 0.910. The molecule has 1 aromatic carbocycles. The van der Waals surface area contributed by atoms with E-state index < -0.39 is 0 Å². The molecular weight excluding hydrogens is 267 g/mol. The van der Waals surface area contributed by atoms with Crippen molar-refractivity contribution in [3.05, 3.63) is 33.8 Å². The minimum atomic E-state index is 0.383. The lowest BCUT2D eigenvalue weighted by atomic mass is 9.93. The van der Waals surface area contributed by atoms with Crippen LogP contribution in [0.5, 0.6) is 0 Å².